The monoisotopic (exact) mass is 238 g/mol. The van der Waals surface area contributed by atoms with Crippen LogP contribution in [0.25, 0.3) is 11.3 Å². The van der Waals surface area contributed by atoms with Crippen molar-refractivity contribution in [3.05, 3.63) is 35.3 Å². The van der Waals surface area contributed by atoms with Crippen LogP contribution in [0.2, 0.25) is 5.02 Å². The van der Waals surface area contributed by atoms with Crippen LogP contribution in [0.4, 0.5) is 0 Å². The Hall–Kier alpha value is -1.52. The molecule has 0 radical (unpaired) electrons. The fourth-order valence-electron chi connectivity index (χ4n) is 1.35. The molecule has 84 valence electrons. The molecule has 0 aliphatic rings. The van der Waals surface area contributed by atoms with Crippen LogP contribution in [0, 0.1) is 0 Å². The van der Waals surface area contributed by atoms with Crippen LogP contribution in [-0.2, 0) is 6.54 Å². The molecule has 0 fully saturated rings. The molecule has 0 saturated heterocycles. The molecule has 1 aromatic carbocycles. The Morgan fingerprint density at radius 1 is 1.50 bits per heavy atom. The van der Waals surface area contributed by atoms with Gasteiger partial charge in [0.15, 0.2) is 5.76 Å². The summed E-state index contributed by atoms with van der Waals surface area (Å²) in [5, 5.41) is 0.555. The van der Waals surface area contributed by atoms with Crippen molar-refractivity contribution in [1.29, 1.82) is 0 Å². The van der Waals surface area contributed by atoms with E-state index in [1.165, 1.54) is 0 Å². The molecule has 0 aliphatic carbocycles. The highest BCUT2D eigenvalue weighted by Crippen LogP contribution is 2.31. The van der Waals surface area contributed by atoms with Crippen molar-refractivity contribution < 1.29 is 9.15 Å². The second kappa shape index (κ2) is 4.55. The predicted octanol–water partition coefficient (Wildman–Crippen LogP) is 2.46. The van der Waals surface area contributed by atoms with E-state index in [4.69, 9.17) is 26.5 Å². The second-order valence-electron chi connectivity index (χ2n) is 3.17. The topological polar surface area (TPSA) is 61.3 Å². The second-order valence-corrected chi connectivity index (χ2v) is 3.58. The summed E-state index contributed by atoms with van der Waals surface area (Å²) in [5.74, 6) is 1.79. The SMILES string of the molecule is COc1ccc(-c2cnc(CN)o2)c(Cl)c1. The molecule has 0 spiro atoms. The molecule has 5 heteroatoms. The summed E-state index contributed by atoms with van der Waals surface area (Å²) >= 11 is 6.10. The Morgan fingerprint density at radius 2 is 2.31 bits per heavy atom. The number of oxazole rings is 1. The van der Waals surface area contributed by atoms with E-state index in [9.17, 15) is 0 Å². The molecular weight excluding hydrogens is 228 g/mol. The van der Waals surface area contributed by atoms with Crippen LogP contribution < -0.4 is 10.5 Å². The Labute approximate surface area is 98.0 Å². The van der Waals surface area contributed by atoms with Gasteiger partial charge in [-0.2, -0.15) is 0 Å². The summed E-state index contributed by atoms with van der Waals surface area (Å²) in [6.07, 6.45) is 1.61. The van der Waals surface area contributed by atoms with E-state index < -0.39 is 0 Å². The third kappa shape index (κ3) is 2.03. The minimum absolute atomic E-state index is 0.272. The highest BCUT2D eigenvalue weighted by atomic mass is 35.5. The number of ether oxygens (including phenoxy) is 1. The zero-order valence-corrected chi connectivity index (χ0v) is 9.49. The van der Waals surface area contributed by atoms with Crippen LogP contribution >= 0.6 is 11.6 Å². The quantitative estimate of drug-likeness (QED) is 0.892. The molecule has 0 atom stereocenters. The number of aromatic nitrogens is 1. The lowest BCUT2D eigenvalue weighted by atomic mass is 10.2. The summed E-state index contributed by atoms with van der Waals surface area (Å²) in [4.78, 5) is 4.01. The van der Waals surface area contributed by atoms with E-state index in [1.807, 2.05) is 12.1 Å². The Bertz CT molecular complexity index is 496. The largest absolute Gasteiger partial charge is 0.497 e. The van der Waals surface area contributed by atoms with Gasteiger partial charge in [0.2, 0.25) is 5.89 Å². The lowest BCUT2D eigenvalue weighted by Crippen LogP contribution is -1.94. The molecule has 0 unspecified atom stereocenters. The van der Waals surface area contributed by atoms with Crippen molar-refractivity contribution in [3.63, 3.8) is 0 Å². The van der Waals surface area contributed by atoms with Gasteiger partial charge in [0.25, 0.3) is 0 Å². The average molecular weight is 239 g/mol. The van der Waals surface area contributed by atoms with Gasteiger partial charge in [-0.1, -0.05) is 11.6 Å². The minimum Gasteiger partial charge on any atom is -0.497 e. The first kappa shape index (κ1) is 11.0. The number of hydrogen-bond donors (Lipinski definition) is 1. The molecule has 4 nitrogen and oxygen atoms in total. The lowest BCUT2D eigenvalue weighted by Gasteiger charge is -2.03. The molecule has 0 amide bonds. The normalized spacial score (nSPS) is 10.4. The molecule has 2 rings (SSSR count). The van der Waals surface area contributed by atoms with E-state index in [2.05, 4.69) is 4.98 Å². The van der Waals surface area contributed by atoms with E-state index in [-0.39, 0.29) is 6.54 Å². The highest BCUT2D eigenvalue weighted by molar-refractivity contribution is 6.33. The number of nitrogens with two attached hydrogens (primary N) is 1. The van der Waals surface area contributed by atoms with Gasteiger partial charge in [-0.15, -0.1) is 0 Å². The first-order valence-electron chi connectivity index (χ1n) is 4.73. The van der Waals surface area contributed by atoms with Crippen LogP contribution in [-0.4, -0.2) is 12.1 Å². The number of hydrogen-bond acceptors (Lipinski definition) is 4. The first-order chi connectivity index (χ1) is 7.74. The number of methoxy groups -OCH3 is 1. The fraction of sp³-hybridized carbons (Fsp3) is 0.182. The van der Waals surface area contributed by atoms with E-state index in [0.29, 0.717) is 22.4 Å². The molecule has 0 aliphatic heterocycles. The Balaban J connectivity index is 2.40. The number of nitrogens with zero attached hydrogens (tertiary/aromatic N) is 1. The van der Waals surface area contributed by atoms with Crippen molar-refractivity contribution in [2.24, 2.45) is 5.73 Å². The standard InChI is InChI=1S/C11H11ClN2O2/c1-15-7-2-3-8(9(12)4-7)10-6-14-11(5-13)16-10/h2-4,6H,5,13H2,1H3. The van der Waals surface area contributed by atoms with E-state index in [0.717, 1.165) is 5.56 Å². The maximum absolute atomic E-state index is 6.10. The predicted molar refractivity (Wildman–Crippen MR) is 61.4 cm³/mol. The smallest absolute Gasteiger partial charge is 0.208 e. The van der Waals surface area contributed by atoms with Gasteiger partial charge in [0, 0.05) is 5.56 Å². The van der Waals surface area contributed by atoms with Gasteiger partial charge in [-0.05, 0) is 18.2 Å². The lowest BCUT2D eigenvalue weighted by molar-refractivity contribution is 0.415. The molecule has 0 bridgehead atoms. The molecule has 1 heterocycles. The number of rotatable bonds is 3. The third-order valence-corrected chi connectivity index (χ3v) is 2.48. The summed E-state index contributed by atoms with van der Waals surface area (Å²) in [6, 6.07) is 5.36. The fourth-order valence-corrected chi connectivity index (χ4v) is 1.62. The summed E-state index contributed by atoms with van der Waals surface area (Å²) in [6.45, 7) is 0.272. The molecule has 16 heavy (non-hydrogen) atoms. The van der Waals surface area contributed by atoms with Crippen LogP contribution in [0.3, 0.4) is 0 Å². The molecule has 2 aromatic rings. The third-order valence-electron chi connectivity index (χ3n) is 2.17. The summed E-state index contributed by atoms with van der Waals surface area (Å²) in [5.41, 5.74) is 6.19. The van der Waals surface area contributed by atoms with Gasteiger partial charge in [0.05, 0.1) is 24.9 Å². The first-order valence-corrected chi connectivity index (χ1v) is 5.11. The minimum atomic E-state index is 0.272. The van der Waals surface area contributed by atoms with Crippen LogP contribution in [0.1, 0.15) is 5.89 Å². The molecule has 2 N–H and O–H groups in total. The van der Waals surface area contributed by atoms with Gasteiger partial charge in [0.1, 0.15) is 5.75 Å². The van der Waals surface area contributed by atoms with Gasteiger partial charge in [-0.25, -0.2) is 4.98 Å². The van der Waals surface area contributed by atoms with Crippen molar-refractivity contribution in [2.45, 2.75) is 6.54 Å². The Morgan fingerprint density at radius 3 is 2.88 bits per heavy atom. The number of halogens is 1. The van der Waals surface area contributed by atoms with Crippen molar-refractivity contribution in [2.75, 3.05) is 7.11 Å². The van der Waals surface area contributed by atoms with Gasteiger partial charge >= 0.3 is 0 Å². The molecule has 1 aromatic heterocycles. The molecular formula is C11H11ClN2O2. The van der Waals surface area contributed by atoms with Crippen molar-refractivity contribution >= 4 is 11.6 Å². The zero-order chi connectivity index (χ0) is 11.5. The summed E-state index contributed by atoms with van der Waals surface area (Å²) in [7, 11) is 1.59. The van der Waals surface area contributed by atoms with Crippen LogP contribution in [0.15, 0.2) is 28.8 Å². The van der Waals surface area contributed by atoms with E-state index >= 15 is 0 Å². The highest BCUT2D eigenvalue weighted by Gasteiger charge is 2.09. The number of benzene rings is 1. The van der Waals surface area contributed by atoms with Crippen molar-refractivity contribution in [3.8, 4) is 17.1 Å². The van der Waals surface area contributed by atoms with Gasteiger partial charge < -0.3 is 14.9 Å². The maximum atomic E-state index is 6.10. The zero-order valence-electron chi connectivity index (χ0n) is 8.74. The van der Waals surface area contributed by atoms with Crippen molar-refractivity contribution in [1.82, 2.24) is 4.98 Å². The maximum Gasteiger partial charge on any atom is 0.208 e. The van der Waals surface area contributed by atoms with E-state index in [1.54, 1.807) is 19.4 Å². The average Bonchev–Trinajstić information content (AvgIpc) is 2.77. The molecule has 0 saturated carbocycles. The summed E-state index contributed by atoms with van der Waals surface area (Å²) < 4.78 is 10.5. The van der Waals surface area contributed by atoms with Crippen LogP contribution in [0.5, 0.6) is 5.75 Å². The Kier molecular flexibility index (Phi) is 3.12. The van der Waals surface area contributed by atoms with Gasteiger partial charge in [-0.3, -0.25) is 0 Å².